The van der Waals surface area contributed by atoms with Crippen LogP contribution in [-0.2, 0) is 14.4 Å². The van der Waals surface area contributed by atoms with Gasteiger partial charge in [-0.25, -0.2) is 4.90 Å². The third-order valence-electron chi connectivity index (χ3n) is 8.38. The van der Waals surface area contributed by atoms with Crippen molar-refractivity contribution < 1.29 is 29.0 Å². The average molecular weight is 505 g/mol. The second-order valence-electron chi connectivity index (χ2n) is 10.5. The molecule has 5 rings (SSSR count). The van der Waals surface area contributed by atoms with Gasteiger partial charge in [0.2, 0.25) is 11.8 Å². The van der Waals surface area contributed by atoms with E-state index in [-0.39, 0.29) is 18.1 Å². The van der Waals surface area contributed by atoms with Gasteiger partial charge in [-0.1, -0.05) is 50.3 Å². The number of Topliss-reactive ketones (excluding diaryl/α,β-unsaturated/α-hetero) is 1. The topological polar surface area (TPSA) is 113 Å². The van der Waals surface area contributed by atoms with Crippen LogP contribution in [0.15, 0.2) is 48.5 Å². The number of benzene rings is 2. The minimum atomic E-state index is -1.58. The van der Waals surface area contributed by atoms with Crippen LogP contribution in [0.1, 0.15) is 67.4 Å². The van der Waals surface area contributed by atoms with Crippen LogP contribution in [0, 0.1) is 17.8 Å². The lowest BCUT2D eigenvalue weighted by Gasteiger charge is -2.35. The van der Waals surface area contributed by atoms with Crippen molar-refractivity contribution in [1.82, 2.24) is 5.32 Å². The average Bonchev–Trinajstić information content (AvgIpc) is 3.38. The molecule has 8 nitrogen and oxygen atoms in total. The van der Waals surface area contributed by atoms with Gasteiger partial charge < -0.3 is 9.84 Å². The highest BCUT2D eigenvalue weighted by molar-refractivity contribution is 6.24. The summed E-state index contributed by atoms with van der Waals surface area (Å²) in [7, 11) is 1.53. The number of carboxylic acid groups (broad SMARTS) is 1. The molecular formula is C29H32N2O6. The maximum Gasteiger partial charge on any atom is 0.324 e. The number of ether oxygens (including phenoxy) is 1. The Morgan fingerprint density at radius 1 is 1.03 bits per heavy atom. The fraction of sp³-hybridized carbons (Fsp3) is 0.448. The summed E-state index contributed by atoms with van der Waals surface area (Å²) in [6.45, 7) is 1.45. The molecule has 37 heavy (non-hydrogen) atoms. The van der Waals surface area contributed by atoms with Gasteiger partial charge in [-0.3, -0.25) is 24.5 Å². The molecule has 0 spiro atoms. The lowest BCUT2D eigenvalue weighted by atomic mass is 9.72. The number of nitrogens with one attached hydrogen (secondary N) is 1. The number of hydrogen-bond donors (Lipinski definition) is 2. The summed E-state index contributed by atoms with van der Waals surface area (Å²) >= 11 is 0. The van der Waals surface area contributed by atoms with E-state index < -0.39 is 41.2 Å². The molecule has 2 aliphatic heterocycles. The van der Waals surface area contributed by atoms with Crippen molar-refractivity contribution in [2.75, 3.05) is 12.0 Å². The number of para-hydroxylation sites is 1. The second-order valence-corrected chi connectivity index (χ2v) is 10.5. The number of ketones is 1. The smallest absolute Gasteiger partial charge is 0.324 e. The number of hydrogen-bond acceptors (Lipinski definition) is 6. The highest BCUT2D eigenvalue weighted by Crippen LogP contribution is 2.53. The number of rotatable bonds is 7. The summed E-state index contributed by atoms with van der Waals surface area (Å²) in [6, 6.07) is 12.8. The summed E-state index contributed by atoms with van der Waals surface area (Å²) in [5, 5.41) is 14.0. The van der Waals surface area contributed by atoms with E-state index in [4.69, 9.17) is 4.74 Å². The molecule has 2 N–H and O–H groups in total. The minimum absolute atomic E-state index is 0.125. The fourth-order valence-corrected chi connectivity index (χ4v) is 6.61. The Morgan fingerprint density at radius 2 is 1.70 bits per heavy atom. The first-order valence-corrected chi connectivity index (χ1v) is 12.9. The number of carboxylic acids is 1. The fourth-order valence-electron chi connectivity index (χ4n) is 6.61. The lowest BCUT2D eigenvalue weighted by Crippen LogP contribution is -2.57. The number of anilines is 1. The van der Waals surface area contributed by atoms with Gasteiger partial charge >= 0.3 is 5.97 Å². The zero-order chi connectivity index (χ0) is 26.3. The largest absolute Gasteiger partial charge is 0.496 e. The summed E-state index contributed by atoms with van der Waals surface area (Å²) in [6.07, 6.45) is 5.29. The summed E-state index contributed by atoms with van der Waals surface area (Å²) in [5.74, 6) is -3.49. The zero-order valence-corrected chi connectivity index (χ0v) is 21.1. The number of aliphatic carboxylic acids is 1. The van der Waals surface area contributed by atoms with Gasteiger partial charge in [-0.15, -0.1) is 0 Å². The third-order valence-corrected chi connectivity index (χ3v) is 8.38. The van der Waals surface area contributed by atoms with E-state index in [0.717, 1.165) is 37.0 Å². The molecule has 1 saturated carbocycles. The van der Waals surface area contributed by atoms with Crippen LogP contribution < -0.4 is 15.0 Å². The Labute approximate surface area is 216 Å². The normalized spacial score (nSPS) is 27.8. The first-order valence-electron chi connectivity index (χ1n) is 12.9. The van der Waals surface area contributed by atoms with Gasteiger partial charge in [0.15, 0.2) is 5.78 Å². The zero-order valence-electron chi connectivity index (χ0n) is 21.1. The van der Waals surface area contributed by atoms with E-state index in [2.05, 4.69) is 5.32 Å². The van der Waals surface area contributed by atoms with Crippen molar-refractivity contribution >= 4 is 29.3 Å². The van der Waals surface area contributed by atoms with Crippen LogP contribution in [0.3, 0.4) is 0 Å². The Bertz CT molecular complexity index is 1240. The SMILES string of the molecule is COc1ccccc1C1NC(CC2CCCCC2)(C(=O)O)C2C(=O)N(c3ccc(C(C)=O)cc3)C(=O)C12. The van der Waals surface area contributed by atoms with Crippen LogP contribution in [-0.4, -0.2) is 41.3 Å². The van der Waals surface area contributed by atoms with Gasteiger partial charge in [0.25, 0.3) is 0 Å². The summed E-state index contributed by atoms with van der Waals surface area (Å²) < 4.78 is 5.56. The van der Waals surface area contributed by atoms with Crippen molar-refractivity contribution in [2.24, 2.45) is 17.8 Å². The van der Waals surface area contributed by atoms with E-state index in [1.807, 2.05) is 18.2 Å². The molecule has 0 aromatic heterocycles. The number of amides is 2. The number of imide groups is 1. The van der Waals surface area contributed by atoms with Gasteiger partial charge in [0.1, 0.15) is 11.3 Å². The van der Waals surface area contributed by atoms with Crippen LogP contribution >= 0.6 is 0 Å². The van der Waals surface area contributed by atoms with Crippen LogP contribution in [0.4, 0.5) is 5.69 Å². The van der Waals surface area contributed by atoms with Crippen molar-refractivity contribution in [1.29, 1.82) is 0 Å². The van der Waals surface area contributed by atoms with E-state index in [0.29, 0.717) is 22.6 Å². The molecule has 2 aromatic rings. The maximum atomic E-state index is 14.0. The Morgan fingerprint density at radius 3 is 2.32 bits per heavy atom. The highest BCUT2D eigenvalue weighted by atomic mass is 16.5. The molecular weight excluding hydrogens is 472 g/mol. The van der Waals surface area contributed by atoms with Crippen molar-refractivity contribution in [3.63, 3.8) is 0 Å². The molecule has 1 aliphatic carbocycles. The third kappa shape index (κ3) is 4.13. The summed E-state index contributed by atoms with van der Waals surface area (Å²) in [4.78, 5) is 53.9. The molecule has 2 amide bonds. The lowest BCUT2D eigenvalue weighted by molar-refractivity contribution is -0.150. The second kappa shape index (κ2) is 9.74. The standard InChI is InChI=1S/C29H32N2O6/c1-17(32)19-12-14-20(15-13-19)31-26(33)23-24(27(31)34)29(28(35)36,16-18-8-4-3-5-9-18)30-25(23)21-10-6-7-11-22(21)37-2/h6-7,10-15,18,23-25,30H,3-5,8-9,16H2,1-2H3,(H,35,36). The maximum absolute atomic E-state index is 14.0. The Balaban J connectivity index is 1.61. The van der Waals surface area contributed by atoms with Gasteiger partial charge in [0, 0.05) is 17.2 Å². The molecule has 3 fully saturated rings. The van der Waals surface area contributed by atoms with Crippen LogP contribution in [0.2, 0.25) is 0 Å². The molecule has 2 saturated heterocycles. The quantitative estimate of drug-likeness (QED) is 0.430. The highest BCUT2D eigenvalue weighted by Gasteiger charge is 2.69. The van der Waals surface area contributed by atoms with E-state index in [1.54, 1.807) is 30.3 Å². The molecule has 194 valence electrons. The van der Waals surface area contributed by atoms with Crippen molar-refractivity contribution in [3.8, 4) is 5.75 Å². The first kappa shape index (κ1) is 25.1. The predicted octanol–water partition coefficient (Wildman–Crippen LogP) is 4.14. The van der Waals surface area contributed by atoms with E-state index in [9.17, 15) is 24.3 Å². The number of methoxy groups -OCH3 is 1. The molecule has 0 bridgehead atoms. The Hall–Kier alpha value is -3.52. The van der Waals surface area contributed by atoms with Gasteiger partial charge in [-0.05, 0) is 49.6 Å². The van der Waals surface area contributed by atoms with E-state index in [1.165, 1.54) is 14.0 Å². The van der Waals surface area contributed by atoms with Crippen LogP contribution in [0.25, 0.3) is 0 Å². The molecule has 3 aliphatic rings. The molecule has 2 heterocycles. The molecule has 2 aromatic carbocycles. The molecule has 4 unspecified atom stereocenters. The number of carbonyl (C=O) groups excluding carboxylic acids is 3. The van der Waals surface area contributed by atoms with E-state index >= 15 is 0 Å². The van der Waals surface area contributed by atoms with Gasteiger partial charge in [0.05, 0.1) is 24.6 Å². The number of nitrogens with zero attached hydrogens (tertiary/aromatic N) is 1. The molecule has 4 atom stereocenters. The van der Waals surface area contributed by atoms with Gasteiger partial charge in [-0.2, -0.15) is 0 Å². The van der Waals surface area contributed by atoms with Crippen molar-refractivity contribution in [2.45, 2.75) is 57.0 Å². The minimum Gasteiger partial charge on any atom is -0.496 e. The Kier molecular flexibility index (Phi) is 6.62. The monoisotopic (exact) mass is 504 g/mol. The molecule has 8 heteroatoms. The molecule has 0 radical (unpaired) electrons. The van der Waals surface area contributed by atoms with Crippen LogP contribution in [0.5, 0.6) is 5.75 Å². The van der Waals surface area contributed by atoms with Crippen molar-refractivity contribution in [3.05, 3.63) is 59.7 Å². The summed E-state index contributed by atoms with van der Waals surface area (Å²) in [5.41, 5.74) is -0.125. The first-order chi connectivity index (χ1) is 17.8. The number of carbonyl (C=O) groups is 4. The predicted molar refractivity (Wildman–Crippen MR) is 136 cm³/mol. The number of fused-ring (bicyclic) bond motifs is 1.